The van der Waals surface area contributed by atoms with Crippen molar-refractivity contribution in [3.8, 4) is 11.5 Å². The predicted octanol–water partition coefficient (Wildman–Crippen LogP) is 0.660. The van der Waals surface area contributed by atoms with Gasteiger partial charge < -0.3 is 30.5 Å². The van der Waals surface area contributed by atoms with Crippen LogP contribution in [-0.2, 0) is 11.3 Å². The second-order valence-corrected chi connectivity index (χ2v) is 6.72. The molecule has 0 heterocycles. The molecule has 0 unspecified atom stereocenters. The fourth-order valence-electron chi connectivity index (χ4n) is 2.15. The molecule has 1 aromatic carbocycles. The predicted molar refractivity (Wildman–Crippen MR) is 98.0 cm³/mol. The first-order valence-corrected chi connectivity index (χ1v) is 8.48. The largest absolute Gasteiger partial charge is 0.493 e. The van der Waals surface area contributed by atoms with Crippen molar-refractivity contribution in [1.29, 1.82) is 0 Å². The molecule has 0 aliphatic rings. The number of ether oxygens (including phenoxy) is 2. The molecule has 142 valence electrons. The number of aliphatic hydroxyl groups excluding tert-OH is 1. The molecule has 0 saturated carbocycles. The van der Waals surface area contributed by atoms with Crippen molar-refractivity contribution < 1.29 is 19.4 Å². The van der Waals surface area contributed by atoms with E-state index in [-0.39, 0.29) is 24.7 Å². The third kappa shape index (κ3) is 9.28. The second-order valence-electron chi connectivity index (χ2n) is 6.72. The number of carbonyl (C=O) groups is 1. The van der Waals surface area contributed by atoms with E-state index < -0.39 is 0 Å². The number of nitrogens with one attached hydrogen (secondary N) is 3. The highest BCUT2D eigenvalue weighted by atomic mass is 16.5. The molecule has 0 fully saturated rings. The van der Waals surface area contributed by atoms with Crippen LogP contribution in [0.25, 0.3) is 0 Å². The number of rotatable bonds is 11. The first-order chi connectivity index (χ1) is 11.9. The topological polar surface area (TPSA) is 91.8 Å². The summed E-state index contributed by atoms with van der Waals surface area (Å²) >= 11 is 0. The van der Waals surface area contributed by atoms with Crippen molar-refractivity contribution in [2.24, 2.45) is 0 Å². The zero-order valence-electron chi connectivity index (χ0n) is 15.6. The van der Waals surface area contributed by atoms with E-state index in [0.717, 1.165) is 18.7 Å². The molecule has 4 N–H and O–H groups in total. The van der Waals surface area contributed by atoms with E-state index in [1.807, 2.05) is 39.0 Å². The van der Waals surface area contributed by atoms with Crippen molar-refractivity contribution in [3.05, 3.63) is 23.8 Å². The molecule has 0 aliphatic carbocycles. The van der Waals surface area contributed by atoms with Gasteiger partial charge in [0.1, 0.15) is 0 Å². The maximum atomic E-state index is 11.8. The van der Waals surface area contributed by atoms with E-state index in [4.69, 9.17) is 14.6 Å². The summed E-state index contributed by atoms with van der Waals surface area (Å²) in [6.45, 7) is 8.75. The van der Waals surface area contributed by atoms with Gasteiger partial charge in [0.15, 0.2) is 18.1 Å². The van der Waals surface area contributed by atoms with Gasteiger partial charge >= 0.3 is 0 Å². The molecule has 0 saturated heterocycles. The van der Waals surface area contributed by atoms with Gasteiger partial charge in [-0.1, -0.05) is 6.07 Å². The molecular formula is C18H31N3O4. The number of amides is 1. The van der Waals surface area contributed by atoms with Gasteiger partial charge in [-0.15, -0.1) is 0 Å². The Labute approximate surface area is 150 Å². The average molecular weight is 353 g/mol. The second kappa shape index (κ2) is 10.9. The Hall–Kier alpha value is -1.83. The van der Waals surface area contributed by atoms with Crippen LogP contribution in [0, 0.1) is 0 Å². The number of hydrogen-bond acceptors (Lipinski definition) is 6. The van der Waals surface area contributed by atoms with E-state index in [0.29, 0.717) is 24.6 Å². The molecule has 0 bridgehead atoms. The van der Waals surface area contributed by atoms with Crippen LogP contribution in [0.15, 0.2) is 18.2 Å². The molecule has 7 heteroatoms. The summed E-state index contributed by atoms with van der Waals surface area (Å²) < 4.78 is 10.9. The van der Waals surface area contributed by atoms with Gasteiger partial charge in [0.05, 0.1) is 13.7 Å². The first-order valence-electron chi connectivity index (χ1n) is 8.48. The van der Waals surface area contributed by atoms with Crippen LogP contribution in [0.1, 0.15) is 26.3 Å². The summed E-state index contributed by atoms with van der Waals surface area (Å²) in [5.74, 6) is 0.969. The molecule has 0 atom stereocenters. The number of carbonyl (C=O) groups excluding carboxylic acids is 1. The summed E-state index contributed by atoms with van der Waals surface area (Å²) in [6.07, 6.45) is 0. The molecule has 0 aliphatic heterocycles. The number of methoxy groups -OCH3 is 1. The highest BCUT2D eigenvalue weighted by Crippen LogP contribution is 2.28. The third-order valence-corrected chi connectivity index (χ3v) is 3.20. The van der Waals surface area contributed by atoms with Crippen LogP contribution >= 0.6 is 0 Å². The van der Waals surface area contributed by atoms with Gasteiger partial charge in [-0.2, -0.15) is 0 Å². The van der Waals surface area contributed by atoms with Gasteiger partial charge in [-0.3, -0.25) is 4.79 Å². The monoisotopic (exact) mass is 353 g/mol. The van der Waals surface area contributed by atoms with E-state index in [9.17, 15) is 4.79 Å². The Morgan fingerprint density at radius 1 is 1.12 bits per heavy atom. The van der Waals surface area contributed by atoms with E-state index in [1.165, 1.54) is 0 Å². The molecule has 1 aromatic rings. The molecule has 1 amide bonds. The molecule has 25 heavy (non-hydrogen) atoms. The summed E-state index contributed by atoms with van der Waals surface area (Å²) in [5.41, 5.74) is 0.775. The van der Waals surface area contributed by atoms with Crippen LogP contribution in [0.3, 0.4) is 0 Å². The summed E-state index contributed by atoms with van der Waals surface area (Å²) in [4.78, 5) is 11.8. The highest BCUT2D eigenvalue weighted by Gasteiger charge is 2.15. The number of hydrogen-bond donors (Lipinski definition) is 4. The molecule has 1 rings (SSSR count). The minimum absolute atomic E-state index is 0.0538. The quantitative estimate of drug-likeness (QED) is 0.437. The Morgan fingerprint density at radius 2 is 1.84 bits per heavy atom. The Bertz CT molecular complexity index is 530. The zero-order valence-corrected chi connectivity index (χ0v) is 15.6. The first kappa shape index (κ1) is 21.2. The van der Waals surface area contributed by atoms with Crippen molar-refractivity contribution in [2.45, 2.75) is 32.9 Å². The lowest BCUT2D eigenvalue weighted by Gasteiger charge is -2.20. The Morgan fingerprint density at radius 3 is 2.48 bits per heavy atom. The van der Waals surface area contributed by atoms with Crippen LogP contribution < -0.4 is 25.4 Å². The average Bonchev–Trinajstić information content (AvgIpc) is 2.55. The summed E-state index contributed by atoms with van der Waals surface area (Å²) in [7, 11) is 1.58. The molecule has 0 radical (unpaired) electrons. The van der Waals surface area contributed by atoms with Crippen molar-refractivity contribution in [3.63, 3.8) is 0 Å². The van der Waals surface area contributed by atoms with Crippen LogP contribution in [0.2, 0.25) is 0 Å². The lowest BCUT2D eigenvalue weighted by atomic mass is 10.1. The van der Waals surface area contributed by atoms with Crippen molar-refractivity contribution >= 4 is 5.91 Å². The summed E-state index contributed by atoms with van der Waals surface area (Å²) in [6, 6.07) is 5.64. The van der Waals surface area contributed by atoms with E-state index >= 15 is 0 Å². The third-order valence-electron chi connectivity index (χ3n) is 3.20. The maximum absolute atomic E-state index is 11.8. The van der Waals surface area contributed by atoms with Crippen LogP contribution in [0.5, 0.6) is 11.5 Å². The normalized spacial score (nSPS) is 11.2. The van der Waals surface area contributed by atoms with Crippen LogP contribution in [-0.4, -0.2) is 56.5 Å². The van der Waals surface area contributed by atoms with E-state index in [1.54, 1.807) is 7.11 Å². The Kier molecular flexibility index (Phi) is 9.26. The molecular weight excluding hydrogens is 322 g/mol. The fraction of sp³-hybridized carbons (Fsp3) is 0.611. The molecule has 0 aromatic heterocycles. The molecule has 0 spiro atoms. The van der Waals surface area contributed by atoms with Gasteiger partial charge in [0.25, 0.3) is 5.91 Å². The van der Waals surface area contributed by atoms with Crippen molar-refractivity contribution in [2.75, 3.05) is 40.0 Å². The standard InChI is InChI=1S/C18H31N3O4/c1-18(2,3)21-17(23)13-25-15-6-5-14(11-16(15)24-4)12-20-8-7-19-9-10-22/h5-6,11,19-20,22H,7-10,12-13H2,1-4H3,(H,21,23). The zero-order chi connectivity index (χ0) is 18.7. The van der Waals surface area contributed by atoms with Gasteiger partial charge in [-0.25, -0.2) is 0 Å². The highest BCUT2D eigenvalue weighted by molar-refractivity contribution is 5.78. The lowest BCUT2D eigenvalue weighted by Crippen LogP contribution is -2.43. The van der Waals surface area contributed by atoms with Gasteiger partial charge in [0.2, 0.25) is 0 Å². The smallest absolute Gasteiger partial charge is 0.258 e. The van der Waals surface area contributed by atoms with Gasteiger partial charge in [0, 0.05) is 31.7 Å². The molecule has 7 nitrogen and oxygen atoms in total. The van der Waals surface area contributed by atoms with Crippen LogP contribution in [0.4, 0.5) is 0 Å². The maximum Gasteiger partial charge on any atom is 0.258 e. The minimum atomic E-state index is -0.286. The SMILES string of the molecule is COc1cc(CNCCNCCO)ccc1OCC(=O)NC(C)(C)C. The van der Waals surface area contributed by atoms with Gasteiger partial charge in [-0.05, 0) is 38.5 Å². The number of aliphatic hydroxyl groups is 1. The van der Waals surface area contributed by atoms with Crippen molar-refractivity contribution in [1.82, 2.24) is 16.0 Å². The van der Waals surface area contributed by atoms with E-state index in [2.05, 4.69) is 16.0 Å². The minimum Gasteiger partial charge on any atom is -0.493 e. The Balaban J connectivity index is 2.47. The summed E-state index contributed by atoms with van der Waals surface area (Å²) in [5, 5.41) is 17.9. The lowest BCUT2D eigenvalue weighted by molar-refractivity contribution is -0.124. The number of benzene rings is 1. The fourth-order valence-corrected chi connectivity index (χ4v) is 2.15.